The van der Waals surface area contributed by atoms with Gasteiger partial charge in [0.05, 0.1) is 19.1 Å². The van der Waals surface area contributed by atoms with Gasteiger partial charge >= 0.3 is 0 Å². The fraction of sp³-hybridized carbons (Fsp3) is 0.462. The summed E-state index contributed by atoms with van der Waals surface area (Å²) < 4.78 is 18.1. The van der Waals surface area contributed by atoms with Crippen LogP contribution < -0.4 is 10.1 Å². The monoisotopic (exact) mass is 236 g/mol. The molecule has 2 unspecified atom stereocenters. The van der Waals surface area contributed by atoms with Crippen molar-refractivity contribution in [3.8, 4) is 11.8 Å². The van der Waals surface area contributed by atoms with Gasteiger partial charge < -0.3 is 10.1 Å². The SMILES string of the molecule is COc1cc(C(C)NCC(C)C#N)ccc1F. The Balaban J connectivity index is 2.69. The Morgan fingerprint density at radius 3 is 2.76 bits per heavy atom. The molecule has 2 atom stereocenters. The molecule has 4 heteroatoms. The van der Waals surface area contributed by atoms with Crippen LogP contribution in [0.4, 0.5) is 4.39 Å². The zero-order valence-corrected chi connectivity index (χ0v) is 10.3. The van der Waals surface area contributed by atoms with Crippen molar-refractivity contribution in [1.82, 2.24) is 5.32 Å². The van der Waals surface area contributed by atoms with Crippen molar-refractivity contribution in [1.29, 1.82) is 5.26 Å². The van der Waals surface area contributed by atoms with Gasteiger partial charge in [0.15, 0.2) is 11.6 Å². The molecule has 3 nitrogen and oxygen atoms in total. The number of nitrogens with one attached hydrogen (secondary N) is 1. The molecule has 0 heterocycles. The van der Waals surface area contributed by atoms with Gasteiger partial charge in [-0.3, -0.25) is 0 Å². The standard InChI is InChI=1S/C13H17FN2O/c1-9(7-15)8-16-10(2)11-4-5-12(14)13(6-11)17-3/h4-6,9-10,16H,8H2,1-3H3. The van der Waals surface area contributed by atoms with Crippen molar-refractivity contribution in [3.63, 3.8) is 0 Å². The number of benzene rings is 1. The second-order valence-corrected chi connectivity index (χ2v) is 4.05. The van der Waals surface area contributed by atoms with E-state index >= 15 is 0 Å². The summed E-state index contributed by atoms with van der Waals surface area (Å²) in [4.78, 5) is 0. The summed E-state index contributed by atoms with van der Waals surface area (Å²) in [6, 6.07) is 6.99. The zero-order valence-electron chi connectivity index (χ0n) is 10.3. The third-order valence-corrected chi connectivity index (χ3v) is 2.63. The first-order valence-electron chi connectivity index (χ1n) is 5.55. The number of nitriles is 1. The molecule has 1 aromatic rings. The minimum Gasteiger partial charge on any atom is -0.494 e. The van der Waals surface area contributed by atoms with Gasteiger partial charge in [0.1, 0.15) is 0 Å². The zero-order chi connectivity index (χ0) is 12.8. The van der Waals surface area contributed by atoms with Crippen molar-refractivity contribution in [3.05, 3.63) is 29.6 Å². The quantitative estimate of drug-likeness (QED) is 0.854. The molecular weight excluding hydrogens is 219 g/mol. The first-order chi connectivity index (χ1) is 8.08. The molecular formula is C13H17FN2O. The maximum atomic E-state index is 13.2. The molecule has 0 amide bonds. The van der Waals surface area contributed by atoms with Gasteiger partial charge in [-0.15, -0.1) is 0 Å². The van der Waals surface area contributed by atoms with Crippen LogP contribution >= 0.6 is 0 Å². The third-order valence-electron chi connectivity index (χ3n) is 2.63. The second kappa shape index (κ2) is 6.21. The Labute approximate surface area is 101 Å². The van der Waals surface area contributed by atoms with E-state index in [4.69, 9.17) is 10.00 Å². The lowest BCUT2D eigenvalue weighted by atomic mass is 10.1. The van der Waals surface area contributed by atoms with Crippen molar-refractivity contribution < 1.29 is 9.13 Å². The summed E-state index contributed by atoms with van der Waals surface area (Å²) in [6.45, 7) is 4.43. The van der Waals surface area contributed by atoms with E-state index in [0.717, 1.165) is 5.56 Å². The molecule has 0 saturated heterocycles. The van der Waals surface area contributed by atoms with E-state index in [2.05, 4.69) is 11.4 Å². The smallest absolute Gasteiger partial charge is 0.165 e. The fourth-order valence-electron chi connectivity index (χ4n) is 1.46. The number of nitrogens with zero attached hydrogens (tertiary/aromatic N) is 1. The highest BCUT2D eigenvalue weighted by molar-refractivity contribution is 5.31. The molecule has 1 rings (SSSR count). The van der Waals surface area contributed by atoms with Crippen LogP contribution in [0.1, 0.15) is 25.5 Å². The molecule has 0 spiro atoms. The van der Waals surface area contributed by atoms with Gasteiger partial charge in [0, 0.05) is 12.6 Å². The maximum Gasteiger partial charge on any atom is 0.165 e. The van der Waals surface area contributed by atoms with Crippen molar-refractivity contribution in [2.24, 2.45) is 5.92 Å². The normalized spacial score (nSPS) is 13.8. The average Bonchev–Trinajstić information content (AvgIpc) is 2.35. The Hall–Kier alpha value is -1.60. The Kier molecular flexibility index (Phi) is 4.92. The molecule has 0 aliphatic heterocycles. The van der Waals surface area contributed by atoms with Gasteiger partial charge in [0.2, 0.25) is 0 Å². The highest BCUT2D eigenvalue weighted by Crippen LogP contribution is 2.22. The number of halogens is 1. The highest BCUT2D eigenvalue weighted by Gasteiger charge is 2.10. The molecule has 1 aromatic carbocycles. The van der Waals surface area contributed by atoms with E-state index in [1.807, 2.05) is 13.8 Å². The number of rotatable bonds is 5. The van der Waals surface area contributed by atoms with E-state index in [1.54, 1.807) is 12.1 Å². The van der Waals surface area contributed by atoms with E-state index in [1.165, 1.54) is 13.2 Å². The van der Waals surface area contributed by atoms with Crippen LogP contribution in [0.25, 0.3) is 0 Å². The third kappa shape index (κ3) is 3.72. The molecule has 0 aliphatic rings. The number of ether oxygens (including phenoxy) is 1. The van der Waals surface area contributed by atoms with Gasteiger partial charge in [-0.1, -0.05) is 6.07 Å². The van der Waals surface area contributed by atoms with Crippen molar-refractivity contribution in [2.75, 3.05) is 13.7 Å². The van der Waals surface area contributed by atoms with Crippen LogP contribution in [0.2, 0.25) is 0 Å². The van der Waals surface area contributed by atoms with Crippen LogP contribution in [0.15, 0.2) is 18.2 Å². The molecule has 92 valence electrons. The van der Waals surface area contributed by atoms with Gasteiger partial charge in [-0.05, 0) is 31.5 Å². The van der Waals surface area contributed by atoms with E-state index in [0.29, 0.717) is 6.54 Å². The number of hydrogen-bond donors (Lipinski definition) is 1. The van der Waals surface area contributed by atoms with Gasteiger partial charge in [-0.25, -0.2) is 4.39 Å². The van der Waals surface area contributed by atoms with E-state index < -0.39 is 0 Å². The summed E-state index contributed by atoms with van der Waals surface area (Å²) in [7, 11) is 1.44. The van der Waals surface area contributed by atoms with Crippen LogP contribution in [0.3, 0.4) is 0 Å². The number of hydrogen-bond acceptors (Lipinski definition) is 3. The van der Waals surface area contributed by atoms with Crippen molar-refractivity contribution in [2.45, 2.75) is 19.9 Å². The molecule has 0 aliphatic carbocycles. The fourth-order valence-corrected chi connectivity index (χ4v) is 1.46. The molecule has 0 saturated carbocycles. The largest absolute Gasteiger partial charge is 0.494 e. The highest BCUT2D eigenvalue weighted by atomic mass is 19.1. The average molecular weight is 236 g/mol. The minimum absolute atomic E-state index is 0.0419. The second-order valence-electron chi connectivity index (χ2n) is 4.05. The molecule has 0 bridgehead atoms. The Bertz CT molecular complexity index is 414. The van der Waals surface area contributed by atoms with Gasteiger partial charge in [-0.2, -0.15) is 5.26 Å². The van der Waals surface area contributed by atoms with Crippen LogP contribution in [-0.4, -0.2) is 13.7 Å². The van der Waals surface area contributed by atoms with Gasteiger partial charge in [0.25, 0.3) is 0 Å². The summed E-state index contributed by atoms with van der Waals surface area (Å²) in [6.07, 6.45) is 0. The van der Waals surface area contributed by atoms with E-state index in [9.17, 15) is 4.39 Å². The molecule has 0 radical (unpaired) electrons. The lowest BCUT2D eigenvalue weighted by Crippen LogP contribution is -2.23. The van der Waals surface area contributed by atoms with Crippen LogP contribution in [0.5, 0.6) is 5.75 Å². The van der Waals surface area contributed by atoms with Crippen molar-refractivity contribution >= 4 is 0 Å². The predicted molar refractivity (Wildman–Crippen MR) is 64.1 cm³/mol. The summed E-state index contributed by atoms with van der Waals surface area (Å²) in [5, 5.41) is 11.9. The molecule has 0 aromatic heterocycles. The van der Waals surface area contributed by atoms with Crippen LogP contribution in [-0.2, 0) is 0 Å². The summed E-state index contributed by atoms with van der Waals surface area (Å²) in [5.74, 6) is -0.168. The summed E-state index contributed by atoms with van der Waals surface area (Å²) in [5.41, 5.74) is 0.938. The summed E-state index contributed by atoms with van der Waals surface area (Å²) >= 11 is 0. The minimum atomic E-state index is -0.367. The molecule has 0 fully saturated rings. The maximum absolute atomic E-state index is 13.2. The lowest BCUT2D eigenvalue weighted by molar-refractivity contribution is 0.385. The lowest BCUT2D eigenvalue weighted by Gasteiger charge is -2.16. The molecule has 17 heavy (non-hydrogen) atoms. The first kappa shape index (κ1) is 13.5. The van der Waals surface area contributed by atoms with Crippen LogP contribution in [0, 0.1) is 23.1 Å². The number of methoxy groups -OCH3 is 1. The van der Waals surface area contributed by atoms with E-state index in [-0.39, 0.29) is 23.5 Å². The Morgan fingerprint density at radius 1 is 1.47 bits per heavy atom. The topological polar surface area (TPSA) is 45.0 Å². The molecule has 1 N–H and O–H groups in total. The Morgan fingerprint density at radius 2 is 2.18 bits per heavy atom. The predicted octanol–water partition coefficient (Wildman–Crippen LogP) is 2.64. The first-order valence-corrected chi connectivity index (χ1v) is 5.55.